The topological polar surface area (TPSA) is 65.0 Å². The van der Waals surface area contributed by atoms with E-state index in [2.05, 4.69) is 6.92 Å². The number of ether oxygens (including phenoxy) is 1. The first-order valence-electron chi connectivity index (χ1n) is 5.70. The van der Waals surface area contributed by atoms with Crippen molar-refractivity contribution in [2.75, 3.05) is 6.61 Å². The van der Waals surface area contributed by atoms with Crippen LogP contribution >= 0.6 is 0 Å². The Bertz CT molecular complexity index is 281. The van der Waals surface area contributed by atoms with Gasteiger partial charge >= 0.3 is 6.16 Å². The number of carboxylic acid groups (broad SMARTS) is 1. The van der Waals surface area contributed by atoms with Crippen molar-refractivity contribution in [3.8, 4) is 0 Å². The van der Waals surface area contributed by atoms with Crippen LogP contribution in [-0.2, 0) is 14.5 Å². The molecular formula is C12H22O5. The molecule has 0 aliphatic heterocycles. The highest BCUT2D eigenvalue weighted by Crippen LogP contribution is 2.24. The molecule has 1 N–H and O–H groups in total. The van der Waals surface area contributed by atoms with Crippen molar-refractivity contribution in [3.63, 3.8) is 0 Å². The van der Waals surface area contributed by atoms with Crippen molar-refractivity contribution < 1.29 is 24.4 Å². The molecule has 0 rings (SSSR count). The predicted octanol–water partition coefficient (Wildman–Crippen LogP) is 3.50. The van der Waals surface area contributed by atoms with Crippen LogP contribution in [0.4, 0.5) is 4.79 Å². The average Bonchev–Trinajstić information content (AvgIpc) is 2.21. The molecule has 5 heteroatoms. The van der Waals surface area contributed by atoms with Crippen LogP contribution in [0.3, 0.4) is 0 Å². The zero-order chi connectivity index (χ0) is 13.5. The Morgan fingerprint density at radius 1 is 1.29 bits per heavy atom. The molecule has 5 nitrogen and oxygen atoms in total. The molecule has 100 valence electrons. The third-order valence-corrected chi connectivity index (χ3v) is 2.54. The minimum absolute atomic E-state index is 0.515. The highest BCUT2D eigenvalue weighted by Gasteiger charge is 2.27. The third kappa shape index (κ3) is 6.16. The highest BCUT2D eigenvalue weighted by molar-refractivity contribution is 5.58. The second-order valence-electron chi connectivity index (χ2n) is 4.32. The zero-order valence-electron chi connectivity index (χ0n) is 11.2. The van der Waals surface area contributed by atoms with Crippen LogP contribution in [0.2, 0.25) is 0 Å². The normalized spacial score (nSPS) is 13.0. The Morgan fingerprint density at radius 3 is 2.35 bits per heavy atom. The maximum absolute atomic E-state index is 10.5. The van der Waals surface area contributed by atoms with Gasteiger partial charge in [0.2, 0.25) is 0 Å². The van der Waals surface area contributed by atoms with Gasteiger partial charge in [-0.25, -0.2) is 4.79 Å². The first-order valence-corrected chi connectivity index (χ1v) is 5.70. The lowest BCUT2D eigenvalue weighted by atomic mass is 9.99. The zero-order valence-corrected chi connectivity index (χ0v) is 11.2. The van der Waals surface area contributed by atoms with Crippen molar-refractivity contribution in [1.82, 2.24) is 0 Å². The van der Waals surface area contributed by atoms with E-state index in [9.17, 15) is 4.79 Å². The van der Waals surface area contributed by atoms with E-state index >= 15 is 0 Å². The van der Waals surface area contributed by atoms with E-state index in [0.717, 1.165) is 12.8 Å². The Morgan fingerprint density at radius 2 is 1.88 bits per heavy atom. The van der Waals surface area contributed by atoms with Gasteiger partial charge in [0.25, 0.3) is 0 Å². The van der Waals surface area contributed by atoms with Crippen LogP contribution in [0.15, 0.2) is 11.3 Å². The van der Waals surface area contributed by atoms with E-state index < -0.39 is 11.8 Å². The fraction of sp³-hybridized carbons (Fsp3) is 0.750. The smallest absolute Gasteiger partial charge is 0.450 e. The monoisotopic (exact) mass is 246 g/mol. The maximum atomic E-state index is 10.5. The fourth-order valence-electron chi connectivity index (χ4n) is 1.11. The van der Waals surface area contributed by atoms with Gasteiger partial charge in [-0.15, -0.1) is 0 Å². The number of rotatable bonds is 7. The number of carbonyl (C=O) groups is 1. The molecule has 0 amide bonds. The standard InChI is InChI=1S/C12H22O5/c1-6-7-8-15-17-10(3)9(2)12(4,5)16-11(13)14/h6-8H2,1-5H3,(H,13,14). The van der Waals surface area contributed by atoms with Crippen LogP contribution in [0, 0.1) is 0 Å². The van der Waals surface area contributed by atoms with E-state index in [0.29, 0.717) is 17.9 Å². The molecule has 17 heavy (non-hydrogen) atoms. The van der Waals surface area contributed by atoms with Crippen LogP contribution < -0.4 is 0 Å². The number of hydrogen-bond acceptors (Lipinski definition) is 4. The molecule has 0 saturated carbocycles. The molecule has 0 atom stereocenters. The van der Waals surface area contributed by atoms with Gasteiger partial charge in [-0.1, -0.05) is 13.3 Å². The van der Waals surface area contributed by atoms with Crippen molar-refractivity contribution in [2.45, 2.75) is 53.1 Å². The lowest BCUT2D eigenvalue weighted by molar-refractivity contribution is -0.263. The minimum Gasteiger partial charge on any atom is -0.450 e. The van der Waals surface area contributed by atoms with Gasteiger partial charge in [0.1, 0.15) is 11.4 Å². The van der Waals surface area contributed by atoms with Crippen LogP contribution in [0.5, 0.6) is 0 Å². The first-order chi connectivity index (χ1) is 7.81. The van der Waals surface area contributed by atoms with Gasteiger partial charge < -0.3 is 14.7 Å². The molecule has 0 radical (unpaired) electrons. The predicted molar refractivity (Wildman–Crippen MR) is 63.5 cm³/mol. The summed E-state index contributed by atoms with van der Waals surface area (Å²) in [6.07, 6.45) is 0.633. The van der Waals surface area contributed by atoms with E-state index in [1.54, 1.807) is 27.7 Å². The fourth-order valence-corrected chi connectivity index (χ4v) is 1.11. The molecule has 0 aliphatic carbocycles. The van der Waals surface area contributed by atoms with Gasteiger partial charge in [-0.05, 0) is 34.1 Å². The number of unbranched alkanes of at least 4 members (excludes halogenated alkanes) is 1. The molecule has 0 aliphatic rings. The maximum Gasteiger partial charge on any atom is 0.506 e. The molecule has 0 saturated heterocycles. The summed E-state index contributed by atoms with van der Waals surface area (Å²) in [6.45, 7) is 9.36. The van der Waals surface area contributed by atoms with Gasteiger partial charge in [0, 0.05) is 5.57 Å². The van der Waals surface area contributed by atoms with Gasteiger partial charge in [-0.2, -0.15) is 4.89 Å². The minimum atomic E-state index is -1.31. The summed E-state index contributed by atoms with van der Waals surface area (Å²) in [7, 11) is 0. The van der Waals surface area contributed by atoms with E-state index in [4.69, 9.17) is 19.6 Å². The first kappa shape index (κ1) is 15.8. The van der Waals surface area contributed by atoms with Crippen molar-refractivity contribution in [3.05, 3.63) is 11.3 Å². The Labute approximate surface area is 102 Å². The molecule has 0 spiro atoms. The molecule has 0 bridgehead atoms. The summed E-state index contributed by atoms with van der Waals surface area (Å²) in [6, 6.07) is 0. The van der Waals surface area contributed by atoms with Crippen LogP contribution in [-0.4, -0.2) is 23.5 Å². The molecule has 0 heterocycles. The summed E-state index contributed by atoms with van der Waals surface area (Å²) >= 11 is 0. The van der Waals surface area contributed by atoms with Crippen LogP contribution in [0.25, 0.3) is 0 Å². The second kappa shape index (κ2) is 7.17. The summed E-state index contributed by atoms with van der Waals surface area (Å²) in [4.78, 5) is 20.6. The summed E-state index contributed by atoms with van der Waals surface area (Å²) < 4.78 is 4.77. The SMILES string of the molecule is CCCCOOC(C)=C(C)C(C)(C)OC(=O)O. The lowest BCUT2D eigenvalue weighted by Gasteiger charge is -2.25. The molecule has 0 fully saturated rings. The third-order valence-electron chi connectivity index (χ3n) is 2.54. The van der Waals surface area contributed by atoms with Gasteiger partial charge in [-0.3, -0.25) is 0 Å². The Hall–Kier alpha value is -1.23. The Kier molecular flexibility index (Phi) is 6.65. The summed E-state index contributed by atoms with van der Waals surface area (Å²) in [5.74, 6) is 0.521. The largest absolute Gasteiger partial charge is 0.506 e. The number of hydrogen-bond donors (Lipinski definition) is 1. The van der Waals surface area contributed by atoms with Crippen molar-refractivity contribution in [2.24, 2.45) is 0 Å². The van der Waals surface area contributed by atoms with Crippen molar-refractivity contribution in [1.29, 1.82) is 0 Å². The molecule has 0 aromatic heterocycles. The summed E-state index contributed by atoms with van der Waals surface area (Å²) in [5.41, 5.74) is -0.249. The molecule has 0 aromatic carbocycles. The van der Waals surface area contributed by atoms with E-state index in [1.165, 1.54) is 0 Å². The van der Waals surface area contributed by atoms with Crippen LogP contribution in [0.1, 0.15) is 47.5 Å². The van der Waals surface area contributed by atoms with Gasteiger partial charge in [0.15, 0.2) is 0 Å². The van der Waals surface area contributed by atoms with Crippen molar-refractivity contribution >= 4 is 6.16 Å². The van der Waals surface area contributed by atoms with Gasteiger partial charge in [0.05, 0.1) is 6.61 Å². The molecule has 0 unspecified atom stereocenters. The average molecular weight is 246 g/mol. The van der Waals surface area contributed by atoms with E-state index in [1.807, 2.05) is 0 Å². The second-order valence-corrected chi connectivity index (χ2v) is 4.32. The highest BCUT2D eigenvalue weighted by atomic mass is 17.2. The molecule has 0 aromatic rings. The Balaban J connectivity index is 4.40. The number of allylic oxidation sites excluding steroid dienone is 1. The quantitative estimate of drug-likeness (QED) is 0.245. The summed E-state index contributed by atoms with van der Waals surface area (Å²) in [5, 5.41) is 8.61. The lowest BCUT2D eigenvalue weighted by Crippen LogP contribution is -2.29. The molecular weight excluding hydrogens is 224 g/mol. The van der Waals surface area contributed by atoms with E-state index in [-0.39, 0.29) is 0 Å².